The molecule has 4 heteroatoms. The zero-order valence-corrected chi connectivity index (χ0v) is 11.8. The van der Waals surface area contributed by atoms with Crippen molar-refractivity contribution < 1.29 is 5.11 Å². The van der Waals surface area contributed by atoms with Crippen LogP contribution in [0.15, 0.2) is 24.5 Å². The van der Waals surface area contributed by atoms with Crippen LogP contribution in [0.5, 0.6) is 0 Å². The van der Waals surface area contributed by atoms with Crippen molar-refractivity contribution in [3.63, 3.8) is 0 Å². The smallest absolute Gasteiger partial charge is 0.0584 e. The molecule has 4 nitrogen and oxygen atoms in total. The molecule has 1 atom stereocenters. The van der Waals surface area contributed by atoms with Crippen LogP contribution in [0.25, 0.3) is 0 Å². The minimum absolute atomic E-state index is 0.242. The number of aromatic nitrogens is 1. The van der Waals surface area contributed by atoms with Crippen molar-refractivity contribution >= 4 is 0 Å². The van der Waals surface area contributed by atoms with Crippen LogP contribution in [0.4, 0.5) is 0 Å². The van der Waals surface area contributed by atoms with Crippen molar-refractivity contribution in [1.29, 1.82) is 0 Å². The molecule has 1 unspecified atom stereocenters. The topological polar surface area (TPSA) is 48.4 Å². The number of rotatable bonds is 6. The average molecular weight is 263 g/mol. The predicted molar refractivity (Wildman–Crippen MR) is 76.8 cm³/mol. The lowest BCUT2D eigenvalue weighted by Crippen LogP contribution is -2.46. The van der Waals surface area contributed by atoms with Crippen LogP contribution in [-0.4, -0.2) is 46.8 Å². The predicted octanol–water partition coefficient (Wildman–Crippen LogP) is 1.41. The number of aliphatic hydroxyl groups excluding tert-OH is 1. The largest absolute Gasteiger partial charge is 0.395 e. The van der Waals surface area contributed by atoms with Crippen LogP contribution < -0.4 is 5.32 Å². The quantitative estimate of drug-likeness (QED) is 0.814. The molecule has 0 aliphatic carbocycles. The summed E-state index contributed by atoms with van der Waals surface area (Å²) in [6, 6.07) is 4.95. The molecule has 1 fully saturated rings. The number of aliphatic hydroxyl groups is 1. The first-order valence-electron chi connectivity index (χ1n) is 7.30. The Bertz CT molecular complexity index is 346. The molecule has 1 aromatic heterocycles. The van der Waals surface area contributed by atoms with Crippen molar-refractivity contribution in [2.45, 2.75) is 44.8 Å². The van der Waals surface area contributed by atoms with Crippen LogP contribution in [0.1, 0.15) is 31.7 Å². The van der Waals surface area contributed by atoms with Crippen LogP contribution in [0, 0.1) is 0 Å². The Kier molecular flexibility index (Phi) is 5.76. The van der Waals surface area contributed by atoms with Crippen LogP contribution in [0.2, 0.25) is 0 Å². The molecule has 106 valence electrons. The Morgan fingerprint density at radius 3 is 2.84 bits per heavy atom. The highest BCUT2D eigenvalue weighted by Crippen LogP contribution is 2.14. The van der Waals surface area contributed by atoms with Crippen molar-refractivity contribution in [3.05, 3.63) is 30.1 Å². The van der Waals surface area contributed by atoms with Gasteiger partial charge in [0.05, 0.1) is 6.61 Å². The summed E-state index contributed by atoms with van der Waals surface area (Å²) in [5.41, 5.74) is 1.29. The summed E-state index contributed by atoms with van der Waals surface area (Å²) >= 11 is 0. The Hall–Kier alpha value is -0.970. The van der Waals surface area contributed by atoms with E-state index in [2.05, 4.69) is 28.2 Å². The van der Waals surface area contributed by atoms with Gasteiger partial charge in [-0.3, -0.25) is 9.88 Å². The minimum Gasteiger partial charge on any atom is -0.395 e. The van der Waals surface area contributed by atoms with Gasteiger partial charge in [-0.1, -0.05) is 13.0 Å². The maximum atomic E-state index is 9.22. The molecule has 0 spiro atoms. The molecular weight excluding hydrogens is 238 g/mol. The van der Waals surface area contributed by atoms with Gasteiger partial charge in [-0.05, 0) is 44.0 Å². The number of hydrogen-bond acceptors (Lipinski definition) is 4. The fraction of sp³-hybridized carbons (Fsp3) is 0.667. The first kappa shape index (κ1) is 14.4. The molecule has 2 heterocycles. The monoisotopic (exact) mass is 263 g/mol. The molecule has 0 saturated carbocycles. The minimum atomic E-state index is 0.242. The number of pyridine rings is 1. The van der Waals surface area contributed by atoms with Crippen LogP contribution >= 0.6 is 0 Å². The van der Waals surface area contributed by atoms with E-state index in [1.807, 2.05) is 18.5 Å². The molecule has 0 amide bonds. The highest BCUT2D eigenvalue weighted by molar-refractivity contribution is 5.08. The van der Waals surface area contributed by atoms with Gasteiger partial charge in [-0.2, -0.15) is 0 Å². The second kappa shape index (κ2) is 7.58. The van der Waals surface area contributed by atoms with Gasteiger partial charge >= 0.3 is 0 Å². The molecule has 2 rings (SSSR count). The maximum Gasteiger partial charge on any atom is 0.0584 e. The molecule has 2 N–H and O–H groups in total. The van der Waals surface area contributed by atoms with Gasteiger partial charge in [0, 0.05) is 31.0 Å². The number of piperidine rings is 1. The third-order valence-electron chi connectivity index (χ3n) is 3.90. The van der Waals surface area contributed by atoms with E-state index in [0.717, 1.165) is 38.9 Å². The second-order valence-corrected chi connectivity index (χ2v) is 5.37. The van der Waals surface area contributed by atoms with E-state index in [4.69, 9.17) is 0 Å². The molecule has 0 radical (unpaired) electrons. The van der Waals surface area contributed by atoms with E-state index < -0.39 is 0 Å². The third-order valence-corrected chi connectivity index (χ3v) is 3.90. The zero-order valence-electron chi connectivity index (χ0n) is 11.8. The Morgan fingerprint density at radius 1 is 1.47 bits per heavy atom. The molecule has 0 aromatic carbocycles. The van der Waals surface area contributed by atoms with Gasteiger partial charge in [0.15, 0.2) is 0 Å². The normalized spacial score (nSPS) is 19.5. The number of hydrogen-bond donors (Lipinski definition) is 2. The van der Waals surface area contributed by atoms with Crippen molar-refractivity contribution in [2.24, 2.45) is 0 Å². The summed E-state index contributed by atoms with van der Waals surface area (Å²) < 4.78 is 0. The van der Waals surface area contributed by atoms with Gasteiger partial charge in [-0.25, -0.2) is 0 Å². The van der Waals surface area contributed by atoms with Gasteiger partial charge < -0.3 is 10.4 Å². The standard InChI is InChI=1S/C15H25N3O/c1-2-14(12-19)17-15-5-8-18(9-6-15)11-13-4-3-7-16-10-13/h3-4,7,10,14-15,17,19H,2,5-6,8-9,11-12H2,1H3. The molecule has 0 bridgehead atoms. The highest BCUT2D eigenvalue weighted by atomic mass is 16.3. The number of likely N-dealkylation sites (tertiary alicyclic amines) is 1. The summed E-state index contributed by atoms with van der Waals surface area (Å²) in [4.78, 5) is 6.64. The summed E-state index contributed by atoms with van der Waals surface area (Å²) in [5.74, 6) is 0. The molecule has 1 aromatic rings. The highest BCUT2D eigenvalue weighted by Gasteiger charge is 2.20. The summed E-state index contributed by atoms with van der Waals surface area (Å²) in [5, 5.41) is 12.8. The van der Waals surface area contributed by atoms with Crippen molar-refractivity contribution in [2.75, 3.05) is 19.7 Å². The van der Waals surface area contributed by atoms with E-state index in [1.165, 1.54) is 5.56 Å². The number of nitrogens with zero attached hydrogens (tertiary/aromatic N) is 2. The molecule has 1 aliphatic heterocycles. The van der Waals surface area contributed by atoms with Crippen LogP contribution in [0.3, 0.4) is 0 Å². The summed E-state index contributed by atoms with van der Waals surface area (Å²) in [6.07, 6.45) is 7.09. The van der Waals surface area contributed by atoms with E-state index in [-0.39, 0.29) is 12.6 Å². The number of nitrogens with one attached hydrogen (secondary N) is 1. The lowest BCUT2D eigenvalue weighted by molar-refractivity contribution is 0.165. The Balaban J connectivity index is 1.73. The van der Waals surface area contributed by atoms with Gasteiger partial charge in [0.1, 0.15) is 0 Å². The maximum absolute atomic E-state index is 9.22. The van der Waals surface area contributed by atoms with Crippen LogP contribution in [-0.2, 0) is 6.54 Å². The lowest BCUT2D eigenvalue weighted by atomic mass is 10.0. The fourth-order valence-electron chi connectivity index (χ4n) is 2.64. The van der Waals surface area contributed by atoms with Gasteiger partial charge in [-0.15, -0.1) is 0 Å². The summed E-state index contributed by atoms with van der Waals surface area (Å²) in [6.45, 7) is 5.60. The lowest BCUT2D eigenvalue weighted by Gasteiger charge is -2.34. The average Bonchev–Trinajstić information content (AvgIpc) is 2.47. The molecule has 1 aliphatic rings. The SMILES string of the molecule is CCC(CO)NC1CCN(Cc2cccnc2)CC1. The second-order valence-electron chi connectivity index (χ2n) is 5.37. The summed E-state index contributed by atoms with van der Waals surface area (Å²) in [7, 11) is 0. The van der Waals surface area contributed by atoms with E-state index in [9.17, 15) is 5.11 Å². The van der Waals surface area contributed by atoms with E-state index in [1.54, 1.807) is 0 Å². The molecular formula is C15H25N3O. The van der Waals surface area contributed by atoms with Gasteiger partial charge in [0.25, 0.3) is 0 Å². The van der Waals surface area contributed by atoms with Crippen molar-refractivity contribution in [1.82, 2.24) is 15.2 Å². The first-order valence-corrected chi connectivity index (χ1v) is 7.30. The van der Waals surface area contributed by atoms with E-state index in [0.29, 0.717) is 6.04 Å². The van der Waals surface area contributed by atoms with Gasteiger partial charge in [0.2, 0.25) is 0 Å². The Morgan fingerprint density at radius 2 is 2.26 bits per heavy atom. The zero-order chi connectivity index (χ0) is 13.5. The first-order chi connectivity index (χ1) is 9.31. The Labute approximate surface area is 115 Å². The fourth-order valence-corrected chi connectivity index (χ4v) is 2.64. The van der Waals surface area contributed by atoms with Crippen molar-refractivity contribution in [3.8, 4) is 0 Å². The van der Waals surface area contributed by atoms with E-state index >= 15 is 0 Å². The molecule has 1 saturated heterocycles. The third kappa shape index (κ3) is 4.56. The molecule has 19 heavy (non-hydrogen) atoms.